The average Bonchev–Trinajstić information content (AvgIpc) is 2.76. The van der Waals surface area contributed by atoms with E-state index in [2.05, 4.69) is 143 Å². The molecule has 0 saturated heterocycles. The van der Waals surface area contributed by atoms with Crippen LogP contribution in [0.25, 0.3) is 0 Å². The first-order valence-corrected chi connectivity index (χ1v) is 22.5. The molecule has 4 rings (SSSR count). The monoisotopic (exact) mass is 722 g/mol. The van der Waals surface area contributed by atoms with Crippen molar-refractivity contribution in [2.75, 3.05) is 0 Å². The van der Waals surface area contributed by atoms with E-state index in [1.807, 2.05) is 0 Å². The van der Waals surface area contributed by atoms with Gasteiger partial charge >= 0.3 is 202 Å². The van der Waals surface area contributed by atoms with Crippen molar-refractivity contribution >= 4 is 73.5 Å². The summed E-state index contributed by atoms with van der Waals surface area (Å²) < 4.78 is 0.816. The molecule has 4 aromatic carbocycles. The van der Waals surface area contributed by atoms with Crippen LogP contribution in [-0.2, 0) is 0 Å². The first kappa shape index (κ1) is 20.8. The second-order valence-electron chi connectivity index (χ2n) is 6.34. The van der Waals surface area contributed by atoms with Crippen molar-refractivity contribution in [1.82, 2.24) is 0 Å². The molecule has 0 spiro atoms. The molecule has 0 fully saturated rings. The van der Waals surface area contributed by atoms with Gasteiger partial charge in [0, 0.05) is 0 Å². The molecule has 0 aliphatic carbocycles. The Kier molecular flexibility index (Phi) is 6.75. The summed E-state index contributed by atoms with van der Waals surface area (Å²) in [6.45, 7) is 0. The predicted octanol–water partition coefficient (Wildman–Crippen LogP) is 7.52. The molecule has 0 amide bonds. The molecule has 144 valence electrons. The van der Waals surface area contributed by atoms with E-state index >= 15 is 0 Å². The molecule has 0 unspecified atom stereocenters. The second kappa shape index (κ2) is 9.11. The Morgan fingerprint density at radius 3 is 1.04 bits per heavy atom. The predicted molar refractivity (Wildman–Crippen MR) is 154 cm³/mol. The maximum absolute atomic E-state index is 2.99. The van der Waals surface area contributed by atoms with Gasteiger partial charge in [0.1, 0.15) is 0 Å². The molecule has 4 aromatic rings. The Balaban J connectivity index is 1.99. The molecule has 0 radical (unpaired) electrons. The molecule has 28 heavy (non-hydrogen) atoms. The van der Waals surface area contributed by atoms with Crippen LogP contribution in [-0.4, -0.2) is 0 Å². The molecule has 0 heterocycles. The fourth-order valence-electron chi connectivity index (χ4n) is 3.08. The van der Waals surface area contributed by atoms with Crippen LogP contribution in [0.3, 0.4) is 0 Å². The molecule has 0 nitrogen and oxygen atoms in total. The summed E-state index contributed by atoms with van der Waals surface area (Å²) in [6.07, 6.45) is 0. The van der Waals surface area contributed by atoms with Crippen molar-refractivity contribution in [3.8, 4) is 0 Å². The van der Waals surface area contributed by atoms with Crippen molar-refractivity contribution in [1.29, 1.82) is 0 Å². The zero-order valence-electron chi connectivity index (χ0n) is 15.2. The van der Waals surface area contributed by atoms with Crippen LogP contribution >= 0.6 is 62.9 Å². The number of halogens is 3. The topological polar surface area (TPSA) is 0 Å². The van der Waals surface area contributed by atoms with E-state index in [4.69, 9.17) is 0 Å². The van der Waals surface area contributed by atoms with Gasteiger partial charge < -0.3 is 0 Å². The molecule has 0 bridgehead atoms. The third-order valence-electron chi connectivity index (χ3n) is 4.41. The minimum atomic E-state index is -2.31. The van der Waals surface area contributed by atoms with E-state index in [1.54, 1.807) is 17.7 Å². The van der Waals surface area contributed by atoms with Crippen LogP contribution in [0.15, 0.2) is 121 Å². The van der Waals surface area contributed by atoms with Gasteiger partial charge in [-0.3, -0.25) is 0 Å². The number of rotatable bonds is 6. The molecule has 0 aliphatic rings. The van der Waals surface area contributed by atoms with E-state index in [0.717, 1.165) is 0 Å². The second-order valence-corrected chi connectivity index (χ2v) is 52.5. The van der Waals surface area contributed by atoms with Gasteiger partial charge in [0.05, 0.1) is 0 Å². The summed E-state index contributed by atoms with van der Waals surface area (Å²) in [6, 6.07) is 45.3. The van der Waals surface area contributed by atoms with E-state index in [9.17, 15) is 0 Å². The van der Waals surface area contributed by atoms with Crippen LogP contribution in [0, 0.1) is 7.14 Å². The normalized spacial score (nSPS) is 13.1. The number of benzene rings is 4. The Morgan fingerprint density at radius 1 is 0.429 bits per heavy atom. The van der Waals surface area contributed by atoms with Crippen LogP contribution in [0.2, 0.25) is 0 Å². The van der Waals surface area contributed by atoms with Gasteiger partial charge in [-0.05, 0) is 0 Å². The molecule has 0 aromatic heterocycles. The van der Waals surface area contributed by atoms with Gasteiger partial charge in [0.25, 0.3) is 0 Å². The van der Waals surface area contributed by atoms with Crippen molar-refractivity contribution in [2.45, 2.75) is 0 Å². The molecule has 4 heteroatoms. The van der Waals surface area contributed by atoms with Gasteiger partial charge in [-0.1, -0.05) is 0 Å². The maximum atomic E-state index is 2.99. The first-order valence-electron chi connectivity index (χ1n) is 9.03. The van der Waals surface area contributed by atoms with Gasteiger partial charge in [0.15, 0.2) is 0 Å². The molecule has 0 atom stereocenters. The molecular weight excluding hydrogens is 700 g/mol. The summed E-state index contributed by atoms with van der Waals surface area (Å²) in [4.78, 5) is 0. The van der Waals surface area contributed by atoms with Crippen LogP contribution in [0.5, 0.6) is 0 Å². The fraction of sp³-hybridized carbons (Fsp3) is 0. The first-order chi connectivity index (χ1) is 13.7. The molecular formula is C24H22I3P. The summed E-state index contributed by atoms with van der Waals surface area (Å²) in [5.41, 5.74) is 0. The van der Waals surface area contributed by atoms with Crippen molar-refractivity contribution in [3.05, 3.63) is 128 Å². The van der Waals surface area contributed by atoms with Gasteiger partial charge in [-0.25, -0.2) is 0 Å². The van der Waals surface area contributed by atoms with Gasteiger partial charge in [-0.15, -0.1) is 0 Å². The van der Waals surface area contributed by atoms with Crippen molar-refractivity contribution in [3.63, 3.8) is 0 Å². The quantitative estimate of drug-likeness (QED) is 0.143. The Bertz CT molecular complexity index is 937. The summed E-state index contributed by atoms with van der Waals surface area (Å²) >= 11 is 2.08. The van der Waals surface area contributed by atoms with Gasteiger partial charge in [-0.2, -0.15) is 0 Å². The Morgan fingerprint density at radius 2 is 0.714 bits per heavy atom. The third kappa shape index (κ3) is 4.32. The molecule has 0 aliphatic heterocycles. The SMILES string of the molecule is IP([IH]c1ccccc1)([IH]c1ccccc1)(c1ccccc1)c1ccccc1. The average molecular weight is 722 g/mol. The standard InChI is InChI=1S/C24H22I3P/c25-28(23-17-9-3-10-18-23,24-19-11-4-12-20-24,26-21-13-5-1-6-14-21)27-22-15-7-2-8-16-22/h1-20,26-27H. The van der Waals surface area contributed by atoms with Gasteiger partial charge in [0.2, 0.25) is 0 Å². The Labute approximate surface area is 199 Å². The van der Waals surface area contributed by atoms with Crippen LogP contribution in [0.4, 0.5) is 0 Å². The van der Waals surface area contributed by atoms with E-state index in [0.29, 0.717) is 0 Å². The molecule has 0 N–H and O–H groups in total. The number of hydrogen-bond acceptors (Lipinski definition) is 0. The van der Waals surface area contributed by atoms with Crippen LogP contribution < -0.4 is 10.6 Å². The zero-order valence-corrected chi connectivity index (χ0v) is 22.9. The summed E-state index contributed by atoms with van der Waals surface area (Å²) in [5.74, 6) is 0. The van der Waals surface area contributed by atoms with Crippen molar-refractivity contribution in [2.24, 2.45) is 0 Å². The Hall–Kier alpha value is -0.500. The molecule has 0 saturated carbocycles. The van der Waals surface area contributed by atoms with Crippen molar-refractivity contribution < 1.29 is 0 Å². The van der Waals surface area contributed by atoms with Crippen LogP contribution in [0.1, 0.15) is 0 Å². The fourth-order valence-corrected chi connectivity index (χ4v) is 46.8. The summed E-state index contributed by atoms with van der Waals surface area (Å²) in [5, 5.41) is 3.16. The number of hydrogen-bond donors (Lipinski definition) is 0. The third-order valence-corrected chi connectivity index (χ3v) is 45.6. The summed E-state index contributed by atoms with van der Waals surface area (Å²) in [7, 11) is 0. The van der Waals surface area contributed by atoms with E-state index < -0.39 is 40.8 Å². The van der Waals surface area contributed by atoms with E-state index in [-0.39, 0.29) is 0 Å². The minimum absolute atomic E-state index is 0.459. The zero-order chi connectivity index (χ0) is 19.3. The van der Waals surface area contributed by atoms with E-state index in [1.165, 1.54) is 0 Å².